The van der Waals surface area contributed by atoms with Crippen LogP contribution in [0.3, 0.4) is 0 Å². The summed E-state index contributed by atoms with van der Waals surface area (Å²) in [5.74, 6) is 0. The predicted octanol–water partition coefficient (Wildman–Crippen LogP) is 2.93. The fraction of sp³-hybridized carbons (Fsp3) is 0.526. The van der Waals surface area contributed by atoms with Crippen molar-refractivity contribution in [1.82, 2.24) is 9.71 Å². The largest absolute Gasteiger partial charge is 0.374 e. The predicted molar refractivity (Wildman–Crippen MR) is 106 cm³/mol. The number of hydrogen-bond acceptors (Lipinski definition) is 5. The molecule has 2 heterocycles. The highest BCUT2D eigenvalue weighted by Gasteiger charge is 2.20. The van der Waals surface area contributed by atoms with Gasteiger partial charge in [0.15, 0.2) is 0 Å². The summed E-state index contributed by atoms with van der Waals surface area (Å²) in [7, 11) is -1.47. The molecule has 0 radical (unpaired) electrons. The minimum atomic E-state index is -3.49. The van der Waals surface area contributed by atoms with E-state index in [9.17, 15) is 8.42 Å². The van der Waals surface area contributed by atoms with E-state index in [1.807, 2.05) is 13.1 Å². The van der Waals surface area contributed by atoms with Crippen molar-refractivity contribution in [2.45, 2.75) is 49.8 Å². The number of fused-ring (bicyclic) bond motifs is 2. The van der Waals surface area contributed by atoms with E-state index in [0.29, 0.717) is 17.9 Å². The van der Waals surface area contributed by atoms with Crippen LogP contribution < -0.4 is 9.62 Å². The summed E-state index contributed by atoms with van der Waals surface area (Å²) < 4.78 is 28.1. The van der Waals surface area contributed by atoms with Crippen LogP contribution in [0.5, 0.6) is 0 Å². The second-order valence-corrected chi connectivity index (χ2v) is 10.1. The third-order valence-electron chi connectivity index (χ3n) is 5.24. The zero-order valence-electron chi connectivity index (χ0n) is 15.1. The molecule has 1 N–H and O–H groups in total. The van der Waals surface area contributed by atoms with Gasteiger partial charge in [-0.3, -0.25) is 0 Å². The maximum absolute atomic E-state index is 12.7. The van der Waals surface area contributed by atoms with Gasteiger partial charge in [-0.05, 0) is 56.2 Å². The van der Waals surface area contributed by atoms with Gasteiger partial charge in [-0.2, -0.15) is 0 Å². The van der Waals surface area contributed by atoms with Crippen molar-refractivity contribution in [2.75, 3.05) is 25.0 Å². The normalized spacial score (nSPS) is 17.0. The molecule has 7 heteroatoms. The molecule has 0 saturated heterocycles. The standard InChI is InChI=1S/C19H25N3O2S2/c1-22-12-4-5-14-8-9-15(13-17(14)22)26(23,24)20-11-10-19-21-16-6-2-3-7-18(16)25-19/h8-9,13,20H,2-7,10-12H2,1H3. The third-order valence-corrected chi connectivity index (χ3v) is 7.91. The van der Waals surface area contributed by atoms with E-state index in [0.717, 1.165) is 42.9 Å². The van der Waals surface area contributed by atoms with Crippen molar-refractivity contribution < 1.29 is 8.42 Å². The SMILES string of the molecule is CN1CCCc2ccc(S(=O)(=O)NCCc3nc4c(s3)CCCC4)cc21. The quantitative estimate of drug-likeness (QED) is 0.851. The Morgan fingerprint density at radius 2 is 2.04 bits per heavy atom. The van der Waals surface area contributed by atoms with Crippen LogP contribution in [0.15, 0.2) is 23.1 Å². The van der Waals surface area contributed by atoms with Crippen LogP contribution in [0.2, 0.25) is 0 Å². The fourth-order valence-electron chi connectivity index (χ4n) is 3.79. The van der Waals surface area contributed by atoms with E-state index in [4.69, 9.17) is 0 Å². The number of hydrogen-bond donors (Lipinski definition) is 1. The Labute approximate surface area is 159 Å². The zero-order chi connectivity index (χ0) is 18.1. The Balaban J connectivity index is 1.42. The molecule has 0 bridgehead atoms. The molecule has 2 aromatic rings. The second kappa shape index (κ2) is 7.29. The number of aryl methyl sites for hydroxylation is 3. The van der Waals surface area contributed by atoms with Crippen molar-refractivity contribution in [2.24, 2.45) is 0 Å². The van der Waals surface area contributed by atoms with E-state index in [2.05, 4.69) is 14.6 Å². The van der Waals surface area contributed by atoms with Crippen LogP contribution in [-0.4, -0.2) is 33.5 Å². The van der Waals surface area contributed by atoms with Crippen molar-refractivity contribution >= 4 is 27.0 Å². The van der Waals surface area contributed by atoms with Crippen molar-refractivity contribution in [3.05, 3.63) is 39.3 Å². The lowest BCUT2D eigenvalue weighted by Crippen LogP contribution is -2.28. The minimum Gasteiger partial charge on any atom is -0.374 e. The van der Waals surface area contributed by atoms with Crippen LogP contribution in [0.4, 0.5) is 5.69 Å². The highest BCUT2D eigenvalue weighted by molar-refractivity contribution is 7.89. The highest BCUT2D eigenvalue weighted by Crippen LogP contribution is 2.29. The average Bonchev–Trinajstić information content (AvgIpc) is 3.04. The van der Waals surface area contributed by atoms with Crippen LogP contribution in [0, 0.1) is 0 Å². The van der Waals surface area contributed by atoms with Gasteiger partial charge in [-0.25, -0.2) is 18.1 Å². The first-order chi connectivity index (χ1) is 12.5. The minimum absolute atomic E-state index is 0.350. The van der Waals surface area contributed by atoms with Gasteiger partial charge in [-0.15, -0.1) is 11.3 Å². The molecule has 4 rings (SSSR count). The number of rotatable bonds is 5. The fourth-order valence-corrected chi connectivity index (χ4v) is 6.00. The summed E-state index contributed by atoms with van der Waals surface area (Å²) >= 11 is 1.75. The Morgan fingerprint density at radius 3 is 2.88 bits per heavy atom. The molecule has 1 aromatic carbocycles. The molecule has 0 saturated carbocycles. The molecule has 0 fully saturated rings. The summed E-state index contributed by atoms with van der Waals surface area (Å²) in [5, 5.41) is 1.05. The van der Waals surface area contributed by atoms with Crippen LogP contribution >= 0.6 is 11.3 Å². The van der Waals surface area contributed by atoms with Crippen molar-refractivity contribution in [3.8, 4) is 0 Å². The zero-order valence-corrected chi connectivity index (χ0v) is 16.8. The lowest BCUT2D eigenvalue weighted by molar-refractivity contribution is 0.581. The number of thiazole rings is 1. The molecule has 140 valence electrons. The molecule has 2 aliphatic rings. The summed E-state index contributed by atoms with van der Waals surface area (Å²) in [6.45, 7) is 1.36. The molecule has 0 amide bonds. The Morgan fingerprint density at radius 1 is 1.19 bits per heavy atom. The smallest absolute Gasteiger partial charge is 0.240 e. The summed E-state index contributed by atoms with van der Waals surface area (Å²) in [6, 6.07) is 5.48. The molecule has 1 aliphatic carbocycles. The van der Waals surface area contributed by atoms with Gasteiger partial charge in [-0.1, -0.05) is 6.07 Å². The van der Waals surface area contributed by atoms with E-state index in [1.54, 1.807) is 23.5 Å². The van der Waals surface area contributed by atoms with Gasteiger partial charge in [0.1, 0.15) is 0 Å². The van der Waals surface area contributed by atoms with Crippen molar-refractivity contribution in [1.29, 1.82) is 0 Å². The van der Waals surface area contributed by atoms with E-state index in [1.165, 1.54) is 29.0 Å². The average molecular weight is 392 g/mol. The molecular weight excluding hydrogens is 366 g/mol. The number of aromatic nitrogens is 1. The topological polar surface area (TPSA) is 62.3 Å². The van der Waals surface area contributed by atoms with Crippen LogP contribution in [0.1, 0.15) is 40.4 Å². The number of sulfonamides is 1. The monoisotopic (exact) mass is 391 g/mol. The Bertz CT molecular complexity index is 882. The van der Waals surface area contributed by atoms with Gasteiger partial charge < -0.3 is 4.90 Å². The van der Waals surface area contributed by atoms with Gasteiger partial charge in [0.25, 0.3) is 0 Å². The molecule has 26 heavy (non-hydrogen) atoms. The van der Waals surface area contributed by atoms with Gasteiger partial charge >= 0.3 is 0 Å². The Hall–Kier alpha value is -1.44. The van der Waals surface area contributed by atoms with E-state index >= 15 is 0 Å². The van der Waals surface area contributed by atoms with Crippen LogP contribution in [0.25, 0.3) is 0 Å². The lowest BCUT2D eigenvalue weighted by atomic mass is 10.0. The second-order valence-electron chi connectivity index (χ2n) is 7.15. The van der Waals surface area contributed by atoms with E-state index < -0.39 is 10.0 Å². The number of nitrogens with zero attached hydrogens (tertiary/aromatic N) is 2. The van der Waals surface area contributed by atoms with Gasteiger partial charge in [0.05, 0.1) is 15.6 Å². The summed E-state index contributed by atoms with van der Waals surface area (Å²) in [4.78, 5) is 8.57. The molecule has 0 unspecified atom stereocenters. The number of anilines is 1. The Kier molecular flexibility index (Phi) is 5.03. The first-order valence-corrected chi connectivity index (χ1v) is 11.6. The third kappa shape index (κ3) is 3.66. The lowest BCUT2D eigenvalue weighted by Gasteiger charge is -2.27. The molecule has 0 spiro atoms. The maximum atomic E-state index is 12.7. The summed E-state index contributed by atoms with van der Waals surface area (Å²) in [6.07, 6.45) is 7.45. The first kappa shape index (κ1) is 17.9. The molecule has 1 aromatic heterocycles. The van der Waals surface area contributed by atoms with Gasteiger partial charge in [0.2, 0.25) is 10.0 Å². The number of nitrogens with one attached hydrogen (secondary N) is 1. The first-order valence-electron chi connectivity index (χ1n) is 9.34. The maximum Gasteiger partial charge on any atom is 0.240 e. The molecule has 5 nitrogen and oxygen atoms in total. The molecule has 1 aliphatic heterocycles. The molecular formula is C19H25N3O2S2. The summed E-state index contributed by atoms with van der Waals surface area (Å²) in [5.41, 5.74) is 3.50. The van der Waals surface area contributed by atoms with Crippen LogP contribution in [-0.2, 0) is 35.7 Å². The van der Waals surface area contributed by atoms with E-state index in [-0.39, 0.29) is 0 Å². The highest BCUT2D eigenvalue weighted by atomic mass is 32.2. The number of benzene rings is 1. The van der Waals surface area contributed by atoms with Crippen molar-refractivity contribution in [3.63, 3.8) is 0 Å². The van der Waals surface area contributed by atoms with Gasteiger partial charge in [0, 0.05) is 37.1 Å². The molecule has 0 atom stereocenters.